The van der Waals surface area contributed by atoms with Crippen LogP contribution >= 0.6 is 12.4 Å². The Morgan fingerprint density at radius 1 is 1.26 bits per heavy atom. The number of likely N-dealkylation sites (tertiary alicyclic amines) is 1. The minimum Gasteiger partial charge on any atom is -0.403 e. The minimum absolute atomic E-state index is 0. The van der Waals surface area contributed by atoms with E-state index >= 15 is 0 Å². The lowest BCUT2D eigenvalue weighted by atomic mass is 9.98. The topological polar surface area (TPSA) is 126 Å². The fourth-order valence-electron chi connectivity index (χ4n) is 3.45. The first-order valence-corrected chi connectivity index (χ1v) is 9.89. The van der Waals surface area contributed by atoms with Gasteiger partial charge in [-0.1, -0.05) is 5.16 Å². The summed E-state index contributed by atoms with van der Waals surface area (Å²) in [5.74, 6) is -0.992. The van der Waals surface area contributed by atoms with Crippen molar-refractivity contribution in [3.05, 3.63) is 48.2 Å². The molecule has 0 saturated carbocycles. The van der Waals surface area contributed by atoms with Crippen LogP contribution in [0.5, 0.6) is 5.75 Å². The van der Waals surface area contributed by atoms with E-state index < -0.39 is 17.9 Å². The molecule has 4 rings (SSSR count). The number of anilines is 2. The maximum atomic E-state index is 13.9. The molecule has 182 valence electrons. The molecule has 1 saturated heterocycles. The summed E-state index contributed by atoms with van der Waals surface area (Å²) in [6.45, 7) is 1.24. The Morgan fingerprint density at radius 2 is 2.06 bits per heavy atom. The second kappa shape index (κ2) is 10.1. The van der Waals surface area contributed by atoms with Crippen molar-refractivity contribution < 1.29 is 26.8 Å². The van der Waals surface area contributed by atoms with Crippen LogP contribution in [0.4, 0.5) is 29.1 Å². The number of alkyl halides is 3. The first-order chi connectivity index (χ1) is 15.7. The molecule has 0 radical (unpaired) electrons. The zero-order valence-corrected chi connectivity index (χ0v) is 18.3. The van der Waals surface area contributed by atoms with Crippen LogP contribution in [0.15, 0.2) is 41.1 Å². The third-order valence-corrected chi connectivity index (χ3v) is 5.00. The lowest BCUT2D eigenvalue weighted by molar-refractivity contribution is -0.275. The third-order valence-electron chi connectivity index (χ3n) is 5.00. The van der Waals surface area contributed by atoms with Crippen LogP contribution in [0.1, 0.15) is 24.7 Å². The van der Waals surface area contributed by atoms with Gasteiger partial charge in [0.1, 0.15) is 5.82 Å². The van der Waals surface area contributed by atoms with Gasteiger partial charge in [-0.25, -0.2) is 9.37 Å². The number of ether oxygens (including phenoxy) is 1. The summed E-state index contributed by atoms with van der Waals surface area (Å²) in [6, 6.07) is 6.24. The second-order valence-electron chi connectivity index (χ2n) is 7.38. The molecule has 34 heavy (non-hydrogen) atoms. The van der Waals surface area contributed by atoms with Gasteiger partial charge in [0.2, 0.25) is 11.7 Å². The lowest BCUT2D eigenvalue weighted by Crippen LogP contribution is -2.42. The van der Waals surface area contributed by atoms with Gasteiger partial charge in [0.15, 0.2) is 17.5 Å². The van der Waals surface area contributed by atoms with Gasteiger partial charge >= 0.3 is 6.36 Å². The number of aromatic nitrogens is 3. The third kappa shape index (κ3) is 6.04. The average Bonchev–Trinajstić information content (AvgIpc) is 3.26. The molecular formula is C20H20ClF4N7O2. The van der Waals surface area contributed by atoms with Crippen LogP contribution < -0.4 is 15.8 Å². The fraction of sp³-hybridized carbons (Fsp3) is 0.300. The summed E-state index contributed by atoms with van der Waals surface area (Å²) in [4.78, 5) is 10.4. The highest BCUT2D eigenvalue weighted by Crippen LogP contribution is 2.30. The number of nitrogens with two attached hydrogens (primary N) is 1. The Morgan fingerprint density at radius 3 is 2.71 bits per heavy atom. The number of benzene rings is 1. The van der Waals surface area contributed by atoms with E-state index in [1.807, 2.05) is 0 Å². The number of nitrogens with zero attached hydrogens (tertiary/aromatic N) is 4. The van der Waals surface area contributed by atoms with Crippen molar-refractivity contribution in [2.24, 2.45) is 5.73 Å². The summed E-state index contributed by atoms with van der Waals surface area (Å²) in [6.07, 6.45) is -1.80. The summed E-state index contributed by atoms with van der Waals surface area (Å²) in [5, 5.41) is 14.4. The maximum absolute atomic E-state index is 13.9. The van der Waals surface area contributed by atoms with E-state index in [1.54, 1.807) is 17.0 Å². The molecular weight excluding hydrogens is 482 g/mol. The molecule has 14 heteroatoms. The predicted octanol–water partition coefficient (Wildman–Crippen LogP) is 4.41. The van der Waals surface area contributed by atoms with Gasteiger partial charge in [-0.3, -0.25) is 5.41 Å². The lowest BCUT2D eigenvalue weighted by Gasteiger charge is -2.30. The Balaban J connectivity index is 0.00000324. The first-order valence-electron chi connectivity index (χ1n) is 9.89. The summed E-state index contributed by atoms with van der Waals surface area (Å²) in [5.41, 5.74) is 6.34. The van der Waals surface area contributed by atoms with Crippen LogP contribution in [-0.4, -0.2) is 45.4 Å². The standard InChI is InChI=1S/C20H19F4N7O2.ClH/c21-14-8-13(4-5-15(14)32-20(22,23)24)28-16-6-3-11(9-27-16)17-29-18(33-30-17)12-2-1-7-31(10-12)19(25)26;/h3-6,8-9,12H,1-2,7,10H2,(H3,25,26)(H,27,28);1H. The molecule has 1 unspecified atom stereocenters. The van der Waals surface area contributed by atoms with Crippen molar-refractivity contribution in [3.63, 3.8) is 0 Å². The predicted molar refractivity (Wildman–Crippen MR) is 117 cm³/mol. The molecule has 0 spiro atoms. The molecule has 2 aromatic heterocycles. The normalized spacial score (nSPS) is 16.0. The molecule has 0 aliphatic carbocycles. The largest absolute Gasteiger partial charge is 0.573 e. The van der Waals surface area contributed by atoms with E-state index in [0.29, 0.717) is 36.2 Å². The molecule has 3 aromatic rings. The summed E-state index contributed by atoms with van der Waals surface area (Å²) < 4.78 is 59.6. The van der Waals surface area contributed by atoms with Crippen molar-refractivity contribution in [3.8, 4) is 17.1 Å². The zero-order valence-electron chi connectivity index (χ0n) is 17.5. The number of nitrogens with one attached hydrogen (secondary N) is 2. The zero-order chi connectivity index (χ0) is 23.6. The van der Waals surface area contributed by atoms with E-state index in [-0.39, 0.29) is 30.0 Å². The molecule has 3 heterocycles. The smallest absolute Gasteiger partial charge is 0.403 e. The van der Waals surface area contributed by atoms with Gasteiger partial charge in [0.25, 0.3) is 0 Å². The highest BCUT2D eigenvalue weighted by Gasteiger charge is 2.32. The summed E-state index contributed by atoms with van der Waals surface area (Å²) in [7, 11) is 0. The molecule has 1 aliphatic rings. The average molecular weight is 502 g/mol. The Bertz CT molecular complexity index is 1140. The van der Waals surface area contributed by atoms with E-state index in [1.165, 1.54) is 12.3 Å². The first kappa shape index (κ1) is 25.0. The molecule has 1 fully saturated rings. The molecule has 9 nitrogen and oxygen atoms in total. The number of guanidine groups is 1. The van der Waals surface area contributed by atoms with Gasteiger partial charge in [-0.15, -0.1) is 25.6 Å². The van der Waals surface area contributed by atoms with Gasteiger partial charge in [0, 0.05) is 36.6 Å². The van der Waals surface area contributed by atoms with Crippen LogP contribution in [0, 0.1) is 11.2 Å². The highest BCUT2D eigenvalue weighted by atomic mass is 35.5. The van der Waals surface area contributed by atoms with Crippen LogP contribution in [-0.2, 0) is 0 Å². The Labute approximate surface area is 197 Å². The molecule has 1 atom stereocenters. The minimum atomic E-state index is -4.98. The van der Waals surface area contributed by atoms with E-state index in [2.05, 4.69) is 25.2 Å². The number of halogens is 5. The molecule has 0 amide bonds. The maximum Gasteiger partial charge on any atom is 0.573 e. The van der Waals surface area contributed by atoms with Gasteiger partial charge in [-0.05, 0) is 37.1 Å². The second-order valence-corrected chi connectivity index (χ2v) is 7.38. The number of hydrogen-bond acceptors (Lipinski definition) is 7. The molecule has 1 aromatic carbocycles. The number of pyridine rings is 1. The highest BCUT2D eigenvalue weighted by molar-refractivity contribution is 5.85. The number of rotatable bonds is 5. The molecule has 0 bridgehead atoms. The SMILES string of the molecule is Cl.N=C(N)N1CCCC(c2nc(-c3ccc(Nc4ccc(OC(F)(F)F)c(F)c4)nc3)no2)C1. The van der Waals surface area contributed by atoms with Gasteiger partial charge in [-0.2, -0.15) is 4.98 Å². The van der Waals surface area contributed by atoms with E-state index in [4.69, 9.17) is 15.7 Å². The van der Waals surface area contributed by atoms with Crippen molar-refractivity contribution in [1.29, 1.82) is 5.41 Å². The monoisotopic (exact) mass is 501 g/mol. The molecule has 4 N–H and O–H groups in total. The fourth-order valence-corrected chi connectivity index (χ4v) is 3.45. The number of piperidine rings is 1. The summed E-state index contributed by atoms with van der Waals surface area (Å²) >= 11 is 0. The van der Waals surface area contributed by atoms with Crippen molar-refractivity contribution in [1.82, 2.24) is 20.0 Å². The van der Waals surface area contributed by atoms with Crippen molar-refractivity contribution >= 4 is 29.9 Å². The van der Waals surface area contributed by atoms with Crippen LogP contribution in [0.2, 0.25) is 0 Å². The van der Waals surface area contributed by atoms with Crippen molar-refractivity contribution in [2.75, 3.05) is 18.4 Å². The van der Waals surface area contributed by atoms with Gasteiger partial charge in [0.05, 0.1) is 5.92 Å². The quantitative estimate of drug-likeness (QED) is 0.267. The molecule has 1 aliphatic heterocycles. The van der Waals surface area contributed by atoms with Crippen LogP contribution in [0.25, 0.3) is 11.4 Å². The van der Waals surface area contributed by atoms with Crippen LogP contribution in [0.3, 0.4) is 0 Å². The van der Waals surface area contributed by atoms with E-state index in [0.717, 1.165) is 25.0 Å². The van der Waals surface area contributed by atoms with E-state index in [9.17, 15) is 17.6 Å². The Hall–Kier alpha value is -3.61. The number of hydrogen-bond donors (Lipinski definition) is 3. The van der Waals surface area contributed by atoms with Gasteiger partial charge < -0.3 is 25.2 Å². The van der Waals surface area contributed by atoms with Crippen molar-refractivity contribution in [2.45, 2.75) is 25.1 Å². The Kier molecular flexibility index (Phi) is 7.44.